The Hall–Kier alpha value is -2.76. The summed E-state index contributed by atoms with van der Waals surface area (Å²) in [4.78, 5) is 38.7. The molecule has 6 heteroatoms. The van der Waals surface area contributed by atoms with E-state index in [1.54, 1.807) is 24.4 Å². The number of carboxylic acids is 1. The highest BCUT2D eigenvalue weighted by atomic mass is 16.4. The van der Waals surface area contributed by atoms with Crippen molar-refractivity contribution in [2.45, 2.75) is 25.8 Å². The monoisotopic (exact) mass is 300 g/mol. The topological polar surface area (TPSA) is 96.4 Å². The van der Waals surface area contributed by atoms with E-state index in [0.29, 0.717) is 11.1 Å². The van der Waals surface area contributed by atoms with Crippen LogP contribution in [0.5, 0.6) is 0 Å². The molecule has 1 aromatic heterocycles. The Morgan fingerprint density at radius 2 is 1.95 bits per heavy atom. The summed E-state index contributed by atoms with van der Waals surface area (Å²) in [6.07, 6.45) is 1.74. The Morgan fingerprint density at radius 1 is 1.23 bits per heavy atom. The minimum Gasteiger partial charge on any atom is -0.480 e. The lowest BCUT2D eigenvalue weighted by Crippen LogP contribution is -2.41. The number of carbonyl (C=O) groups excluding carboxylic acids is 2. The lowest BCUT2D eigenvalue weighted by molar-refractivity contribution is -0.139. The highest BCUT2D eigenvalue weighted by molar-refractivity contribution is 6.06. The molecule has 0 fully saturated rings. The maximum Gasteiger partial charge on any atom is 0.326 e. The number of carbonyl (C=O) groups is 3. The van der Waals surface area contributed by atoms with Gasteiger partial charge in [-0.2, -0.15) is 0 Å². The van der Waals surface area contributed by atoms with Crippen molar-refractivity contribution in [3.05, 3.63) is 42.1 Å². The number of para-hydroxylation sites is 1. The number of aliphatic carboxylic acids is 1. The molecule has 1 amide bonds. The third-order valence-corrected chi connectivity index (χ3v) is 3.27. The number of aromatic nitrogens is 1. The molecule has 22 heavy (non-hydrogen) atoms. The molecule has 0 aliphatic heterocycles. The van der Waals surface area contributed by atoms with Crippen molar-refractivity contribution in [2.24, 2.45) is 0 Å². The van der Waals surface area contributed by atoms with Gasteiger partial charge in [0.1, 0.15) is 11.8 Å². The normalized spacial score (nSPS) is 11.9. The second-order valence-corrected chi connectivity index (χ2v) is 4.99. The van der Waals surface area contributed by atoms with E-state index in [1.807, 2.05) is 12.1 Å². The van der Waals surface area contributed by atoms with Gasteiger partial charge in [-0.1, -0.05) is 18.2 Å². The van der Waals surface area contributed by atoms with Crippen LogP contribution in [0.3, 0.4) is 0 Å². The molecule has 0 bridgehead atoms. The zero-order valence-electron chi connectivity index (χ0n) is 12.1. The molecule has 0 radical (unpaired) electrons. The van der Waals surface area contributed by atoms with E-state index in [9.17, 15) is 14.4 Å². The molecule has 1 atom stereocenters. The number of hydrogen-bond donors (Lipinski definition) is 2. The SMILES string of the molecule is CC(=O)CC[C@@H](NC(=O)c1cccc2cccnc12)C(=O)O. The highest BCUT2D eigenvalue weighted by Crippen LogP contribution is 2.16. The minimum atomic E-state index is -1.16. The summed E-state index contributed by atoms with van der Waals surface area (Å²) in [6, 6.07) is 7.61. The van der Waals surface area contributed by atoms with Crippen LogP contribution in [0.25, 0.3) is 10.9 Å². The smallest absolute Gasteiger partial charge is 0.326 e. The van der Waals surface area contributed by atoms with Gasteiger partial charge in [-0.05, 0) is 25.5 Å². The van der Waals surface area contributed by atoms with E-state index >= 15 is 0 Å². The number of carboxylic acid groups (broad SMARTS) is 1. The molecule has 2 aromatic rings. The lowest BCUT2D eigenvalue weighted by Gasteiger charge is -2.14. The summed E-state index contributed by atoms with van der Waals surface area (Å²) in [5.74, 6) is -1.80. The van der Waals surface area contributed by atoms with Crippen LogP contribution in [0, 0.1) is 0 Å². The van der Waals surface area contributed by atoms with Gasteiger partial charge in [0, 0.05) is 18.0 Å². The Morgan fingerprint density at radius 3 is 2.64 bits per heavy atom. The van der Waals surface area contributed by atoms with Crippen molar-refractivity contribution in [2.75, 3.05) is 0 Å². The Balaban J connectivity index is 2.22. The van der Waals surface area contributed by atoms with Crippen molar-refractivity contribution < 1.29 is 19.5 Å². The summed E-state index contributed by atoms with van der Waals surface area (Å²) in [6.45, 7) is 1.38. The van der Waals surface area contributed by atoms with Gasteiger partial charge in [0.15, 0.2) is 0 Å². The van der Waals surface area contributed by atoms with E-state index in [-0.39, 0.29) is 18.6 Å². The third kappa shape index (κ3) is 3.66. The van der Waals surface area contributed by atoms with Gasteiger partial charge in [0.25, 0.3) is 5.91 Å². The summed E-state index contributed by atoms with van der Waals surface area (Å²) >= 11 is 0. The van der Waals surface area contributed by atoms with Crippen LogP contribution in [-0.2, 0) is 9.59 Å². The summed E-state index contributed by atoms with van der Waals surface area (Å²) in [5.41, 5.74) is 0.824. The van der Waals surface area contributed by atoms with Crippen LogP contribution < -0.4 is 5.32 Å². The van der Waals surface area contributed by atoms with Gasteiger partial charge < -0.3 is 15.2 Å². The van der Waals surface area contributed by atoms with Crippen LogP contribution in [0.1, 0.15) is 30.1 Å². The number of benzene rings is 1. The summed E-state index contributed by atoms with van der Waals surface area (Å²) < 4.78 is 0. The van der Waals surface area contributed by atoms with Gasteiger partial charge in [0.05, 0.1) is 11.1 Å². The molecule has 2 N–H and O–H groups in total. The first-order valence-electron chi connectivity index (χ1n) is 6.86. The van der Waals surface area contributed by atoms with Crippen LogP contribution in [0.4, 0.5) is 0 Å². The maximum absolute atomic E-state index is 12.3. The Kier molecular flexibility index (Phi) is 4.83. The molecule has 2 rings (SSSR count). The van der Waals surface area contributed by atoms with Crippen molar-refractivity contribution >= 4 is 28.6 Å². The van der Waals surface area contributed by atoms with E-state index in [1.165, 1.54) is 6.92 Å². The van der Waals surface area contributed by atoms with Crippen LogP contribution in [-0.4, -0.2) is 33.8 Å². The van der Waals surface area contributed by atoms with Crippen molar-refractivity contribution in [1.82, 2.24) is 10.3 Å². The van der Waals surface area contributed by atoms with Gasteiger partial charge >= 0.3 is 5.97 Å². The van der Waals surface area contributed by atoms with Crippen LogP contribution in [0.2, 0.25) is 0 Å². The average molecular weight is 300 g/mol. The molecule has 114 valence electrons. The lowest BCUT2D eigenvalue weighted by atomic mass is 10.1. The van der Waals surface area contributed by atoms with Gasteiger partial charge in [-0.15, -0.1) is 0 Å². The fourth-order valence-electron chi connectivity index (χ4n) is 2.13. The van der Waals surface area contributed by atoms with E-state index in [4.69, 9.17) is 5.11 Å². The van der Waals surface area contributed by atoms with Crippen molar-refractivity contribution in [3.63, 3.8) is 0 Å². The zero-order valence-corrected chi connectivity index (χ0v) is 12.1. The largest absolute Gasteiger partial charge is 0.480 e. The number of hydrogen-bond acceptors (Lipinski definition) is 4. The fraction of sp³-hybridized carbons (Fsp3) is 0.250. The summed E-state index contributed by atoms with van der Waals surface area (Å²) in [5, 5.41) is 12.4. The first-order valence-corrected chi connectivity index (χ1v) is 6.86. The van der Waals surface area contributed by atoms with Crippen LogP contribution in [0.15, 0.2) is 36.5 Å². The molecule has 0 saturated heterocycles. The number of ketones is 1. The number of amides is 1. The summed E-state index contributed by atoms with van der Waals surface area (Å²) in [7, 11) is 0. The second kappa shape index (κ2) is 6.80. The standard InChI is InChI=1S/C16H16N2O4/c1-10(19)7-8-13(16(21)22)18-15(20)12-6-2-4-11-5-3-9-17-14(11)12/h2-6,9,13H,7-8H2,1H3,(H,18,20)(H,21,22)/t13-/m1/s1. The van der Waals surface area contributed by atoms with E-state index in [2.05, 4.69) is 10.3 Å². The average Bonchev–Trinajstić information content (AvgIpc) is 2.50. The molecule has 1 heterocycles. The first-order chi connectivity index (χ1) is 10.5. The molecule has 0 unspecified atom stereocenters. The molecule has 0 saturated carbocycles. The zero-order chi connectivity index (χ0) is 16.1. The van der Waals surface area contributed by atoms with Crippen molar-refractivity contribution in [3.8, 4) is 0 Å². The highest BCUT2D eigenvalue weighted by Gasteiger charge is 2.22. The molecule has 0 aliphatic rings. The number of fused-ring (bicyclic) bond motifs is 1. The van der Waals surface area contributed by atoms with Gasteiger partial charge in [-0.25, -0.2) is 4.79 Å². The second-order valence-electron chi connectivity index (χ2n) is 4.99. The molecular weight excluding hydrogens is 284 g/mol. The Bertz CT molecular complexity index is 722. The molecule has 1 aromatic carbocycles. The quantitative estimate of drug-likeness (QED) is 0.847. The molecule has 6 nitrogen and oxygen atoms in total. The van der Waals surface area contributed by atoms with Crippen molar-refractivity contribution in [1.29, 1.82) is 0 Å². The number of rotatable bonds is 6. The fourth-order valence-corrected chi connectivity index (χ4v) is 2.13. The molecule has 0 aliphatic carbocycles. The van der Waals surface area contributed by atoms with Gasteiger partial charge in [0.2, 0.25) is 0 Å². The third-order valence-electron chi connectivity index (χ3n) is 3.27. The van der Waals surface area contributed by atoms with E-state index in [0.717, 1.165) is 5.39 Å². The number of pyridine rings is 1. The predicted octanol–water partition coefficient (Wildman–Crippen LogP) is 1.79. The number of Topliss-reactive ketones (excluding diaryl/α,β-unsaturated/α-hetero) is 1. The minimum absolute atomic E-state index is 0.0641. The van der Waals surface area contributed by atoms with E-state index < -0.39 is 17.9 Å². The molecule has 0 spiro atoms. The van der Waals surface area contributed by atoms with Crippen LogP contribution >= 0.6 is 0 Å². The number of nitrogens with zero attached hydrogens (tertiary/aromatic N) is 1. The first kappa shape index (κ1) is 15.6. The number of nitrogens with one attached hydrogen (secondary N) is 1. The maximum atomic E-state index is 12.3. The van der Waals surface area contributed by atoms with Gasteiger partial charge in [-0.3, -0.25) is 9.78 Å². The Labute approximate surface area is 127 Å². The predicted molar refractivity (Wildman–Crippen MR) is 80.5 cm³/mol. The molecular formula is C16H16N2O4.